The van der Waals surface area contributed by atoms with Crippen molar-refractivity contribution >= 4 is 17.5 Å². The van der Waals surface area contributed by atoms with Crippen LogP contribution in [0.3, 0.4) is 0 Å². The van der Waals surface area contributed by atoms with Gasteiger partial charge in [-0.3, -0.25) is 9.89 Å². The molecule has 0 fully saturated rings. The molecule has 5 heteroatoms. The summed E-state index contributed by atoms with van der Waals surface area (Å²) < 4.78 is 0. The third-order valence-corrected chi connectivity index (χ3v) is 2.58. The van der Waals surface area contributed by atoms with Gasteiger partial charge < -0.3 is 5.32 Å². The Hall–Kier alpha value is -1.81. The highest BCUT2D eigenvalue weighted by atomic mass is 35.5. The van der Waals surface area contributed by atoms with Crippen molar-refractivity contribution in [3.05, 3.63) is 41.0 Å². The van der Waals surface area contributed by atoms with Gasteiger partial charge in [0, 0.05) is 18.8 Å². The van der Waals surface area contributed by atoms with Gasteiger partial charge in [0.15, 0.2) is 0 Å². The average Bonchev–Trinajstić information content (AvgIpc) is 2.82. The number of aromatic amines is 1. The maximum Gasteiger partial charge on any atom is 0.252 e. The Morgan fingerprint density at radius 2 is 2.25 bits per heavy atom. The minimum absolute atomic E-state index is 0.202. The fraction of sp³-hybridized carbons (Fsp3) is 0.0909. The van der Waals surface area contributed by atoms with Gasteiger partial charge in [-0.25, -0.2) is 0 Å². The van der Waals surface area contributed by atoms with Crippen molar-refractivity contribution in [1.29, 1.82) is 0 Å². The van der Waals surface area contributed by atoms with Crippen molar-refractivity contribution in [2.45, 2.75) is 0 Å². The Morgan fingerprint density at radius 3 is 2.88 bits per heavy atom. The van der Waals surface area contributed by atoms with E-state index < -0.39 is 0 Å². The van der Waals surface area contributed by atoms with E-state index in [0.29, 0.717) is 10.6 Å². The van der Waals surface area contributed by atoms with Crippen LogP contribution in [0.15, 0.2) is 30.5 Å². The lowest BCUT2D eigenvalue weighted by Gasteiger charge is -2.05. The third kappa shape index (κ3) is 1.92. The lowest BCUT2D eigenvalue weighted by Crippen LogP contribution is -2.18. The largest absolute Gasteiger partial charge is 0.355 e. The number of hydrogen-bond donors (Lipinski definition) is 2. The van der Waals surface area contributed by atoms with E-state index in [2.05, 4.69) is 15.5 Å². The molecule has 0 radical (unpaired) electrons. The zero-order valence-corrected chi connectivity index (χ0v) is 9.38. The number of benzene rings is 1. The maximum absolute atomic E-state index is 11.5. The molecular weight excluding hydrogens is 226 g/mol. The molecule has 0 aliphatic heterocycles. The zero-order valence-electron chi connectivity index (χ0n) is 8.62. The Morgan fingerprint density at radius 1 is 1.44 bits per heavy atom. The predicted octanol–water partition coefficient (Wildman–Crippen LogP) is 2.09. The number of rotatable bonds is 2. The molecule has 2 aromatic rings. The standard InChI is InChI=1S/C11H10ClN3O/c1-13-11(16)8-6-7(2-3-9(8)12)10-4-5-14-15-10/h2-6H,1H3,(H,13,16)(H,14,15). The molecule has 0 unspecified atom stereocenters. The predicted molar refractivity (Wildman–Crippen MR) is 62.4 cm³/mol. The summed E-state index contributed by atoms with van der Waals surface area (Å²) in [5, 5.41) is 9.67. The third-order valence-electron chi connectivity index (χ3n) is 2.25. The Kier molecular flexibility index (Phi) is 2.92. The van der Waals surface area contributed by atoms with Gasteiger partial charge in [0.2, 0.25) is 0 Å². The van der Waals surface area contributed by atoms with Gasteiger partial charge in [0.05, 0.1) is 16.3 Å². The van der Waals surface area contributed by atoms with Crippen LogP contribution in [0.1, 0.15) is 10.4 Å². The number of aromatic nitrogens is 2. The van der Waals surface area contributed by atoms with E-state index in [-0.39, 0.29) is 5.91 Å². The van der Waals surface area contributed by atoms with Gasteiger partial charge in [-0.1, -0.05) is 17.7 Å². The molecule has 16 heavy (non-hydrogen) atoms. The molecule has 0 atom stereocenters. The second kappa shape index (κ2) is 4.37. The smallest absolute Gasteiger partial charge is 0.252 e. The summed E-state index contributed by atoms with van der Waals surface area (Å²) in [4.78, 5) is 11.5. The molecule has 4 nitrogen and oxygen atoms in total. The minimum atomic E-state index is -0.202. The number of nitrogens with one attached hydrogen (secondary N) is 2. The SMILES string of the molecule is CNC(=O)c1cc(-c2ccn[nH]2)ccc1Cl. The van der Waals surface area contributed by atoms with Crippen LogP contribution in [-0.2, 0) is 0 Å². The lowest BCUT2D eigenvalue weighted by atomic mass is 10.1. The molecule has 1 amide bonds. The van der Waals surface area contributed by atoms with E-state index in [1.54, 1.807) is 25.4 Å². The first-order valence-corrected chi connectivity index (χ1v) is 5.11. The fourth-order valence-corrected chi connectivity index (χ4v) is 1.62. The molecule has 0 aliphatic rings. The molecule has 0 saturated carbocycles. The van der Waals surface area contributed by atoms with Gasteiger partial charge in [0.1, 0.15) is 0 Å². The van der Waals surface area contributed by atoms with E-state index in [1.807, 2.05) is 12.1 Å². The second-order valence-electron chi connectivity index (χ2n) is 3.24. The molecule has 82 valence electrons. The molecule has 2 N–H and O–H groups in total. The van der Waals surface area contributed by atoms with Crippen LogP contribution in [0.5, 0.6) is 0 Å². The molecule has 0 aliphatic carbocycles. The minimum Gasteiger partial charge on any atom is -0.355 e. The molecule has 0 saturated heterocycles. The number of halogens is 1. The van der Waals surface area contributed by atoms with Crippen molar-refractivity contribution in [2.75, 3.05) is 7.05 Å². The first-order chi connectivity index (χ1) is 7.72. The molecule has 0 bridgehead atoms. The van der Waals surface area contributed by atoms with Crippen LogP contribution in [0, 0.1) is 0 Å². The number of nitrogens with zero attached hydrogens (tertiary/aromatic N) is 1. The first-order valence-electron chi connectivity index (χ1n) is 4.73. The summed E-state index contributed by atoms with van der Waals surface area (Å²) in [6, 6.07) is 7.09. The van der Waals surface area contributed by atoms with E-state index in [0.717, 1.165) is 11.3 Å². The monoisotopic (exact) mass is 235 g/mol. The van der Waals surface area contributed by atoms with E-state index in [1.165, 1.54) is 0 Å². The van der Waals surface area contributed by atoms with Gasteiger partial charge in [-0.2, -0.15) is 5.10 Å². The summed E-state index contributed by atoms with van der Waals surface area (Å²) in [7, 11) is 1.57. The highest BCUT2D eigenvalue weighted by Gasteiger charge is 2.10. The molecule has 1 heterocycles. The second-order valence-corrected chi connectivity index (χ2v) is 3.65. The quantitative estimate of drug-likeness (QED) is 0.838. The van der Waals surface area contributed by atoms with Crippen molar-refractivity contribution in [3.63, 3.8) is 0 Å². The summed E-state index contributed by atoms with van der Waals surface area (Å²) in [6.45, 7) is 0. The van der Waals surface area contributed by atoms with Crippen molar-refractivity contribution in [3.8, 4) is 11.3 Å². The van der Waals surface area contributed by atoms with Crippen molar-refractivity contribution in [2.24, 2.45) is 0 Å². The Balaban J connectivity index is 2.47. The molecule has 1 aromatic heterocycles. The zero-order chi connectivity index (χ0) is 11.5. The molecule has 1 aromatic carbocycles. The number of carbonyl (C=O) groups excluding carboxylic acids is 1. The van der Waals surface area contributed by atoms with Crippen LogP contribution in [0.25, 0.3) is 11.3 Å². The summed E-state index contributed by atoms with van der Waals surface area (Å²) in [6.07, 6.45) is 1.66. The molecular formula is C11H10ClN3O. The van der Waals surface area contributed by atoms with E-state index in [9.17, 15) is 4.79 Å². The number of hydrogen-bond acceptors (Lipinski definition) is 2. The number of carbonyl (C=O) groups is 1. The summed E-state index contributed by atoms with van der Waals surface area (Å²) in [5.74, 6) is -0.202. The normalized spacial score (nSPS) is 10.1. The van der Waals surface area contributed by atoms with Crippen molar-refractivity contribution in [1.82, 2.24) is 15.5 Å². The van der Waals surface area contributed by atoms with Crippen LogP contribution in [0.2, 0.25) is 5.02 Å². The molecule has 2 rings (SSSR count). The Labute approximate surface area is 97.6 Å². The molecule has 0 spiro atoms. The summed E-state index contributed by atoms with van der Waals surface area (Å²) in [5.41, 5.74) is 2.18. The van der Waals surface area contributed by atoms with Crippen LogP contribution >= 0.6 is 11.6 Å². The van der Waals surface area contributed by atoms with Crippen LogP contribution in [-0.4, -0.2) is 23.2 Å². The van der Waals surface area contributed by atoms with Gasteiger partial charge in [0.25, 0.3) is 5.91 Å². The van der Waals surface area contributed by atoms with Gasteiger partial charge >= 0.3 is 0 Å². The average molecular weight is 236 g/mol. The number of amides is 1. The van der Waals surface area contributed by atoms with E-state index >= 15 is 0 Å². The highest BCUT2D eigenvalue weighted by Crippen LogP contribution is 2.23. The van der Waals surface area contributed by atoms with Crippen LogP contribution < -0.4 is 5.32 Å². The lowest BCUT2D eigenvalue weighted by molar-refractivity contribution is 0.0963. The van der Waals surface area contributed by atoms with Gasteiger partial charge in [-0.15, -0.1) is 0 Å². The topological polar surface area (TPSA) is 57.8 Å². The van der Waals surface area contributed by atoms with Crippen LogP contribution in [0.4, 0.5) is 0 Å². The first kappa shape index (κ1) is 10.7. The van der Waals surface area contributed by atoms with Crippen molar-refractivity contribution < 1.29 is 4.79 Å². The Bertz CT molecular complexity index is 508. The number of H-pyrrole nitrogens is 1. The van der Waals surface area contributed by atoms with Gasteiger partial charge in [-0.05, 0) is 18.2 Å². The van der Waals surface area contributed by atoms with E-state index in [4.69, 9.17) is 11.6 Å². The summed E-state index contributed by atoms with van der Waals surface area (Å²) >= 11 is 5.94. The fourth-order valence-electron chi connectivity index (χ4n) is 1.42. The maximum atomic E-state index is 11.5. The highest BCUT2D eigenvalue weighted by molar-refractivity contribution is 6.34.